The van der Waals surface area contributed by atoms with Crippen molar-refractivity contribution in [1.29, 1.82) is 0 Å². The Morgan fingerprint density at radius 3 is 2.56 bits per heavy atom. The summed E-state index contributed by atoms with van der Waals surface area (Å²) in [7, 11) is 1.70. The maximum atomic E-state index is 12.8. The number of aryl methyl sites for hydroxylation is 1. The van der Waals surface area contributed by atoms with Crippen LogP contribution >= 0.6 is 11.6 Å². The van der Waals surface area contributed by atoms with Gasteiger partial charge in [-0.05, 0) is 30.7 Å². The summed E-state index contributed by atoms with van der Waals surface area (Å²) in [5.41, 5.74) is 1.67. The molecule has 1 heterocycles. The molecule has 0 N–H and O–H groups in total. The summed E-state index contributed by atoms with van der Waals surface area (Å²) < 4.78 is 1.90. The number of rotatable bonds is 4. The number of carbonyl (C=O) groups is 1. The van der Waals surface area contributed by atoms with Crippen molar-refractivity contribution in [1.82, 2.24) is 9.47 Å². The van der Waals surface area contributed by atoms with Gasteiger partial charge in [0.15, 0.2) is 0 Å². The molecule has 0 bridgehead atoms. The Hall–Kier alpha value is -2.59. The molecular weight excluding hydrogens is 336 g/mol. The zero-order valence-corrected chi connectivity index (χ0v) is 15.0. The van der Waals surface area contributed by atoms with E-state index in [2.05, 4.69) is 0 Å². The molecule has 0 radical (unpaired) electrons. The minimum absolute atomic E-state index is 0.162. The van der Waals surface area contributed by atoms with E-state index in [0.29, 0.717) is 23.5 Å². The van der Waals surface area contributed by atoms with Gasteiger partial charge in [0.05, 0.1) is 5.52 Å². The summed E-state index contributed by atoms with van der Waals surface area (Å²) in [6, 6.07) is 14.9. The fourth-order valence-corrected chi connectivity index (χ4v) is 3.09. The van der Waals surface area contributed by atoms with Crippen LogP contribution in [0.15, 0.2) is 59.5 Å². The van der Waals surface area contributed by atoms with E-state index in [0.717, 1.165) is 11.1 Å². The Balaban J connectivity index is 2.04. The first-order valence-corrected chi connectivity index (χ1v) is 8.51. The summed E-state index contributed by atoms with van der Waals surface area (Å²) in [5.74, 6) is -0.294. The lowest BCUT2D eigenvalue weighted by Crippen LogP contribution is -2.31. The van der Waals surface area contributed by atoms with Gasteiger partial charge in [0.2, 0.25) is 5.43 Å². The van der Waals surface area contributed by atoms with Gasteiger partial charge in [0.1, 0.15) is 5.56 Å². The summed E-state index contributed by atoms with van der Waals surface area (Å²) in [5, 5.41) is 0.947. The lowest BCUT2D eigenvalue weighted by Gasteiger charge is -2.18. The highest BCUT2D eigenvalue weighted by Gasteiger charge is 2.19. The van der Waals surface area contributed by atoms with Crippen LogP contribution in [-0.2, 0) is 13.1 Å². The van der Waals surface area contributed by atoms with Crippen LogP contribution in [0, 0.1) is 0 Å². The van der Waals surface area contributed by atoms with E-state index in [1.807, 2.05) is 47.9 Å². The molecule has 3 rings (SSSR count). The van der Waals surface area contributed by atoms with E-state index in [1.165, 1.54) is 0 Å². The molecular formula is C20H19ClN2O2. The molecule has 0 saturated carbocycles. The number of amides is 1. The Morgan fingerprint density at radius 2 is 1.88 bits per heavy atom. The normalized spacial score (nSPS) is 10.8. The average molecular weight is 355 g/mol. The van der Waals surface area contributed by atoms with Crippen LogP contribution in [-0.4, -0.2) is 22.4 Å². The van der Waals surface area contributed by atoms with Gasteiger partial charge in [-0.1, -0.05) is 41.9 Å². The zero-order valence-electron chi connectivity index (χ0n) is 14.2. The second kappa shape index (κ2) is 7.11. The minimum atomic E-state index is -0.294. The van der Waals surface area contributed by atoms with Crippen molar-refractivity contribution in [3.8, 4) is 0 Å². The third-order valence-corrected chi connectivity index (χ3v) is 4.46. The van der Waals surface area contributed by atoms with Crippen molar-refractivity contribution in [2.75, 3.05) is 7.05 Å². The molecule has 0 saturated heterocycles. The molecule has 128 valence electrons. The van der Waals surface area contributed by atoms with E-state index >= 15 is 0 Å². The number of hydrogen-bond acceptors (Lipinski definition) is 2. The van der Waals surface area contributed by atoms with Gasteiger partial charge < -0.3 is 9.47 Å². The van der Waals surface area contributed by atoms with Gasteiger partial charge >= 0.3 is 0 Å². The number of fused-ring (bicyclic) bond motifs is 1. The lowest BCUT2D eigenvalue weighted by molar-refractivity contribution is 0.0783. The van der Waals surface area contributed by atoms with Crippen LogP contribution in [0.25, 0.3) is 10.9 Å². The van der Waals surface area contributed by atoms with E-state index in [4.69, 9.17) is 11.6 Å². The Labute approximate surface area is 151 Å². The van der Waals surface area contributed by atoms with Crippen molar-refractivity contribution in [3.63, 3.8) is 0 Å². The molecule has 0 spiro atoms. The highest BCUT2D eigenvalue weighted by atomic mass is 35.5. The quantitative estimate of drug-likeness (QED) is 0.712. The van der Waals surface area contributed by atoms with E-state index in [-0.39, 0.29) is 16.9 Å². The molecule has 0 aliphatic heterocycles. The Kier molecular flexibility index (Phi) is 4.91. The smallest absolute Gasteiger partial charge is 0.259 e. The molecule has 0 unspecified atom stereocenters. The number of halogens is 1. The van der Waals surface area contributed by atoms with Crippen LogP contribution in [0.4, 0.5) is 0 Å². The fraction of sp³-hybridized carbons (Fsp3) is 0.200. The van der Waals surface area contributed by atoms with Crippen molar-refractivity contribution in [3.05, 3.63) is 81.1 Å². The minimum Gasteiger partial charge on any atom is -0.347 e. The van der Waals surface area contributed by atoms with Gasteiger partial charge in [0.25, 0.3) is 5.91 Å². The number of benzene rings is 2. The second-order valence-electron chi connectivity index (χ2n) is 5.97. The topological polar surface area (TPSA) is 42.3 Å². The zero-order chi connectivity index (χ0) is 18.0. The van der Waals surface area contributed by atoms with Crippen molar-refractivity contribution in [2.45, 2.75) is 20.0 Å². The van der Waals surface area contributed by atoms with Gasteiger partial charge in [0, 0.05) is 36.7 Å². The number of hydrogen-bond donors (Lipinski definition) is 0. The third kappa shape index (κ3) is 3.44. The van der Waals surface area contributed by atoms with E-state index in [9.17, 15) is 9.59 Å². The molecule has 5 heteroatoms. The van der Waals surface area contributed by atoms with E-state index in [1.54, 1.807) is 30.3 Å². The Morgan fingerprint density at radius 1 is 1.16 bits per heavy atom. The van der Waals surface area contributed by atoms with Gasteiger partial charge in [-0.15, -0.1) is 0 Å². The van der Waals surface area contributed by atoms with Gasteiger partial charge in [-0.25, -0.2) is 0 Å². The summed E-state index contributed by atoms with van der Waals surface area (Å²) >= 11 is 6.04. The molecule has 1 aromatic heterocycles. The average Bonchev–Trinajstić information content (AvgIpc) is 2.62. The van der Waals surface area contributed by atoms with Crippen LogP contribution < -0.4 is 5.43 Å². The van der Waals surface area contributed by atoms with Crippen molar-refractivity contribution < 1.29 is 4.79 Å². The highest BCUT2D eigenvalue weighted by molar-refractivity contribution is 6.31. The van der Waals surface area contributed by atoms with Gasteiger partial charge in [-0.3, -0.25) is 9.59 Å². The summed E-state index contributed by atoms with van der Waals surface area (Å²) in [6.45, 7) is 3.07. The molecule has 0 fully saturated rings. The molecule has 2 aromatic carbocycles. The van der Waals surface area contributed by atoms with Crippen molar-refractivity contribution in [2.24, 2.45) is 0 Å². The maximum Gasteiger partial charge on any atom is 0.259 e. The molecule has 3 aromatic rings. The molecule has 4 nitrogen and oxygen atoms in total. The predicted octanol–water partition coefficient (Wildman–Crippen LogP) is 3.95. The largest absolute Gasteiger partial charge is 0.347 e. The highest BCUT2D eigenvalue weighted by Crippen LogP contribution is 2.18. The fourth-order valence-electron chi connectivity index (χ4n) is 2.92. The Bertz CT molecular complexity index is 980. The summed E-state index contributed by atoms with van der Waals surface area (Å²) in [4.78, 5) is 27.2. The molecule has 1 amide bonds. The standard InChI is InChI=1S/C20H19ClN2O2/c1-3-23-13-17(19(24)16-11-15(21)9-10-18(16)23)20(25)22(2)12-14-7-5-4-6-8-14/h4-11,13H,3,12H2,1-2H3. The first-order valence-electron chi connectivity index (χ1n) is 8.13. The van der Waals surface area contributed by atoms with Crippen LogP contribution in [0.5, 0.6) is 0 Å². The van der Waals surface area contributed by atoms with Crippen LogP contribution in [0.3, 0.4) is 0 Å². The predicted molar refractivity (Wildman–Crippen MR) is 101 cm³/mol. The molecule has 0 atom stereocenters. The number of nitrogens with zero attached hydrogens (tertiary/aromatic N) is 2. The third-order valence-electron chi connectivity index (χ3n) is 4.22. The number of aromatic nitrogens is 1. The first kappa shape index (κ1) is 17.2. The molecule has 0 aliphatic rings. The van der Waals surface area contributed by atoms with Crippen LogP contribution in [0.1, 0.15) is 22.8 Å². The lowest BCUT2D eigenvalue weighted by atomic mass is 10.1. The summed E-state index contributed by atoms with van der Waals surface area (Å²) in [6.07, 6.45) is 1.64. The molecule has 25 heavy (non-hydrogen) atoms. The first-order chi connectivity index (χ1) is 12.0. The second-order valence-corrected chi connectivity index (χ2v) is 6.40. The monoisotopic (exact) mass is 354 g/mol. The van der Waals surface area contributed by atoms with Crippen LogP contribution in [0.2, 0.25) is 5.02 Å². The molecule has 0 aliphatic carbocycles. The number of carbonyl (C=O) groups excluding carboxylic acids is 1. The SMILES string of the molecule is CCn1cc(C(=O)N(C)Cc2ccccc2)c(=O)c2cc(Cl)ccc21. The van der Waals surface area contributed by atoms with Crippen molar-refractivity contribution >= 4 is 28.4 Å². The number of pyridine rings is 1. The van der Waals surface area contributed by atoms with Gasteiger partial charge in [-0.2, -0.15) is 0 Å². The maximum absolute atomic E-state index is 12.8. The van der Waals surface area contributed by atoms with E-state index < -0.39 is 0 Å².